The Morgan fingerprint density at radius 2 is 2.14 bits per heavy atom. The lowest BCUT2D eigenvalue weighted by atomic mass is 10.1. The average Bonchev–Trinajstić information content (AvgIpc) is 2.14. The Bertz CT molecular complexity index is 396. The summed E-state index contributed by atoms with van der Waals surface area (Å²) in [5.41, 5.74) is 0.793. The van der Waals surface area contributed by atoms with Gasteiger partial charge >= 0.3 is 5.97 Å². The molecule has 1 aromatic rings. The van der Waals surface area contributed by atoms with Crippen LogP contribution in [0.5, 0.6) is 0 Å². The van der Waals surface area contributed by atoms with E-state index >= 15 is 0 Å². The molecule has 0 aliphatic rings. The van der Waals surface area contributed by atoms with Crippen molar-refractivity contribution >= 4 is 29.9 Å². The molecule has 14 heavy (non-hydrogen) atoms. The Morgan fingerprint density at radius 3 is 2.71 bits per heavy atom. The molecule has 1 rings (SSSR count). The van der Waals surface area contributed by atoms with Gasteiger partial charge < -0.3 is 5.11 Å². The smallest absolute Gasteiger partial charge is 0.328 e. The number of hydrogen-bond donors (Lipinski definition) is 1. The Kier molecular flexibility index (Phi) is 3.42. The monoisotopic (exact) mass is 210 g/mol. The van der Waals surface area contributed by atoms with Crippen molar-refractivity contribution in [1.82, 2.24) is 0 Å². The minimum atomic E-state index is -1.07. The number of aliphatic carboxylic acids is 1. The van der Waals surface area contributed by atoms with E-state index in [1.54, 1.807) is 18.2 Å². The number of rotatable bonds is 3. The normalized spacial score (nSPS) is 10.4. The zero-order chi connectivity index (χ0) is 10.6. The van der Waals surface area contributed by atoms with E-state index in [0.29, 0.717) is 22.4 Å². The maximum absolute atomic E-state index is 10.6. The fraction of sp³-hybridized carbons (Fsp3) is 0. The Balaban J connectivity index is 3.14. The predicted octanol–water partition coefficient (Wildman–Crippen LogP) is 2.25. The van der Waals surface area contributed by atoms with Crippen LogP contribution < -0.4 is 0 Å². The number of benzene rings is 1. The molecule has 1 N–H and O–H groups in total. The average molecular weight is 211 g/mol. The van der Waals surface area contributed by atoms with Crippen molar-refractivity contribution in [2.75, 3.05) is 0 Å². The van der Waals surface area contributed by atoms with Crippen LogP contribution in [0, 0.1) is 0 Å². The van der Waals surface area contributed by atoms with Gasteiger partial charge in [-0.3, -0.25) is 4.79 Å². The van der Waals surface area contributed by atoms with Gasteiger partial charge in [0.1, 0.15) is 0 Å². The van der Waals surface area contributed by atoms with Crippen molar-refractivity contribution in [3.63, 3.8) is 0 Å². The lowest BCUT2D eigenvalue weighted by Gasteiger charge is -1.99. The molecule has 0 fully saturated rings. The molecule has 72 valence electrons. The second-order valence-electron chi connectivity index (χ2n) is 2.53. The van der Waals surface area contributed by atoms with Crippen LogP contribution in [0.15, 0.2) is 24.3 Å². The zero-order valence-corrected chi connectivity index (χ0v) is 7.86. The molecule has 0 heterocycles. The number of carboxylic acids is 1. The van der Waals surface area contributed by atoms with Crippen LogP contribution in [0.4, 0.5) is 0 Å². The van der Waals surface area contributed by atoms with Crippen molar-refractivity contribution in [3.8, 4) is 0 Å². The summed E-state index contributed by atoms with van der Waals surface area (Å²) in [6.45, 7) is 0. The maximum atomic E-state index is 10.6. The van der Waals surface area contributed by atoms with E-state index in [1.807, 2.05) is 0 Å². The first-order valence-corrected chi connectivity index (χ1v) is 4.17. The Hall–Kier alpha value is -1.61. The van der Waals surface area contributed by atoms with E-state index < -0.39 is 5.97 Å². The second-order valence-corrected chi connectivity index (χ2v) is 2.94. The van der Waals surface area contributed by atoms with Crippen LogP contribution in [-0.2, 0) is 4.79 Å². The Morgan fingerprint density at radius 1 is 1.43 bits per heavy atom. The number of carboxylic acid groups (broad SMARTS) is 1. The summed E-state index contributed by atoms with van der Waals surface area (Å²) in [7, 11) is 0. The highest BCUT2D eigenvalue weighted by molar-refractivity contribution is 6.33. The third-order valence-corrected chi connectivity index (χ3v) is 1.94. The van der Waals surface area contributed by atoms with Crippen molar-refractivity contribution in [3.05, 3.63) is 40.4 Å². The molecule has 0 spiro atoms. The molecule has 0 aliphatic carbocycles. The summed E-state index contributed by atoms with van der Waals surface area (Å²) in [5, 5.41) is 8.71. The van der Waals surface area contributed by atoms with E-state index in [2.05, 4.69) is 0 Å². The number of hydrogen-bond acceptors (Lipinski definition) is 2. The van der Waals surface area contributed by atoms with E-state index in [1.165, 1.54) is 6.08 Å². The second kappa shape index (κ2) is 4.58. The van der Waals surface area contributed by atoms with Gasteiger partial charge in [-0.25, -0.2) is 4.79 Å². The number of carbonyl (C=O) groups excluding carboxylic acids is 1. The summed E-state index contributed by atoms with van der Waals surface area (Å²) in [6.07, 6.45) is 2.89. The van der Waals surface area contributed by atoms with Gasteiger partial charge in [-0.2, -0.15) is 0 Å². The zero-order valence-electron chi connectivity index (χ0n) is 7.11. The molecular weight excluding hydrogens is 204 g/mol. The molecule has 0 saturated carbocycles. The van der Waals surface area contributed by atoms with Crippen molar-refractivity contribution < 1.29 is 14.7 Å². The third-order valence-electron chi connectivity index (χ3n) is 1.61. The van der Waals surface area contributed by atoms with Crippen LogP contribution in [0.25, 0.3) is 6.08 Å². The van der Waals surface area contributed by atoms with Gasteiger partial charge in [-0.05, 0) is 17.7 Å². The molecule has 1 aromatic carbocycles. The minimum Gasteiger partial charge on any atom is -0.478 e. The highest BCUT2D eigenvalue weighted by Crippen LogP contribution is 2.18. The van der Waals surface area contributed by atoms with E-state index in [9.17, 15) is 9.59 Å². The molecule has 0 unspecified atom stereocenters. The minimum absolute atomic E-state index is 0.298. The van der Waals surface area contributed by atoms with Crippen LogP contribution in [0.1, 0.15) is 15.9 Å². The van der Waals surface area contributed by atoms with E-state index in [0.717, 1.165) is 6.08 Å². The Labute approximate surface area is 85.6 Å². The predicted molar refractivity (Wildman–Crippen MR) is 53.5 cm³/mol. The number of aldehydes is 1. The lowest BCUT2D eigenvalue weighted by molar-refractivity contribution is -0.131. The van der Waals surface area contributed by atoms with Crippen molar-refractivity contribution in [2.24, 2.45) is 0 Å². The molecule has 0 aromatic heterocycles. The highest BCUT2D eigenvalue weighted by atomic mass is 35.5. The van der Waals surface area contributed by atoms with Crippen LogP contribution in [0.2, 0.25) is 5.02 Å². The summed E-state index contributed by atoms with van der Waals surface area (Å²) < 4.78 is 0. The molecule has 0 atom stereocenters. The molecule has 4 heteroatoms. The van der Waals surface area contributed by atoms with E-state index in [-0.39, 0.29) is 0 Å². The SMILES string of the molecule is O=Cc1c(Cl)cccc1C=CC(=O)O. The molecule has 0 amide bonds. The quantitative estimate of drug-likeness (QED) is 0.615. The largest absolute Gasteiger partial charge is 0.478 e. The first-order chi connectivity index (χ1) is 6.65. The van der Waals surface area contributed by atoms with Gasteiger partial charge in [0.15, 0.2) is 6.29 Å². The lowest BCUT2D eigenvalue weighted by Crippen LogP contribution is -1.90. The van der Waals surface area contributed by atoms with Gasteiger partial charge in [0, 0.05) is 11.6 Å². The molecule has 0 saturated heterocycles. The van der Waals surface area contributed by atoms with Gasteiger partial charge in [0.05, 0.1) is 5.02 Å². The van der Waals surface area contributed by atoms with Gasteiger partial charge in [0.25, 0.3) is 0 Å². The summed E-state index contributed by atoms with van der Waals surface area (Å²) in [4.78, 5) is 20.9. The van der Waals surface area contributed by atoms with Gasteiger partial charge in [0.2, 0.25) is 0 Å². The van der Waals surface area contributed by atoms with Gasteiger partial charge in [-0.15, -0.1) is 0 Å². The summed E-state index contributed by atoms with van der Waals surface area (Å²) in [6, 6.07) is 4.84. The van der Waals surface area contributed by atoms with Crippen LogP contribution in [-0.4, -0.2) is 17.4 Å². The van der Waals surface area contributed by atoms with Crippen LogP contribution >= 0.6 is 11.6 Å². The first-order valence-electron chi connectivity index (χ1n) is 3.80. The molecular formula is C10H7ClO3. The van der Waals surface area contributed by atoms with Crippen molar-refractivity contribution in [2.45, 2.75) is 0 Å². The summed E-state index contributed by atoms with van der Waals surface area (Å²) >= 11 is 5.73. The topological polar surface area (TPSA) is 54.4 Å². The van der Waals surface area contributed by atoms with E-state index in [4.69, 9.17) is 16.7 Å². The summed E-state index contributed by atoms with van der Waals surface area (Å²) in [5.74, 6) is -1.07. The maximum Gasteiger partial charge on any atom is 0.328 e. The standard InChI is InChI=1S/C10H7ClO3/c11-9-3-1-2-7(8(9)6-12)4-5-10(13)14/h1-6H,(H,13,14). The molecule has 0 bridgehead atoms. The molecule has 0 radical (unpaired) electrons. The fourth-order valence-corrected chi connectivity index (χ4v) is 1.21. The third kappa shape index (κ3) is 2.44. The number of halogens is 1. The first kappa shape index (κ1) is 10.5. The van der Waals surface area contributed by atoms with Gasteiger partial charge in [-0.1, -0.05) is 23.7 Å². The van der Waals surface area contributed by atoms with Crippen LogP contribution in [0.3, 0.4) is 0 Å². The highest BCUT2D eigenvalue weighted by Gasteiger charge is 2.02. The molecule has 0 aliphatic heterocycles. The number of carbonyl (C=O) groups is 2. The molecule has 3 nitrogen and oxygen atoms in total. The van der Waals surface area contributed by atoms with Crippen molar-refractivity contribution in [1.29, 1.82) is 0 Å². The fourth-order valence-electron chi connectivity index (χ4n) is 0.984.